The van der Waals surface area contributed by atoms with E-state index in [1.165, 1.54) is 29.8 Å². The molecule has 13 heteroatoms. The van der Waals surface area contributed by atoms with Crippen molar-refractivity contribution in [2.45, 2.75) is 49.5 Å². The van der Waals surface area contributed by atoms with Gasteiger partial charge in [0.15, 0.2) is 5.69 Å². The number of nitrogens with two attached hydrogens (primary N) is 1. The van der Waals surface area contributed by atoms with Crippen LogP contribution in [0.25, 0.3) is 5.65 Å². The summed E-state index contributed by atoms with van der Waals surface area (Å²) in [6.07, 6.45) is 1.69. The zero-order chi connectivity index (χ0) is 27.9. The van der Waals surface area contributed by atoms with Crippen molar-refractivity contribution in [2.75, 3.05) is 38.3 Å². The van der Waals surface area contributed by atoms with Gasteiger partial charge in [0.05, 0.1) is 24.9 Å². The van der Waals surface area contributed by atoms with Gasteiger partial charge in [0.2, 0.25) is 5.03 Å². The van der Waals surface area contributed by atoms with E-state index in [0.29, 0.717) is 43.1 Å². The molecule has 0 saturated carbocycles. The molecule has 0 aliphatic carbocycles. The minimum Gasteiger partial charge on any atom is -0.490 e. The second-order valence-electron chi connectivity index (χ2n) is 9.78. The third-order valence-electron chi connectivity index (χ3n) is 7.28. The number of imidazole rings is 1. The smallest absolute Gasteiger partial charge is 0.268 e. The highest BCUT2D eigenvalue weighted by Gasteiger charge is 2.37. The number of anilines is 1. The summed E-state index contributed by atoms with van der Waals surface area (Å²) in [5.74, 6) is -0.964. The molecule has 1 aromatic carbocycles. The number of carbonyl (C=O) groups excluding carboxylic acids is 1. The summed E-state index contributed by atoms with van der Waals surface area (Å²) in [6, 6.07) is 6.88. The lowest BCUT2D eigenvalue weighted by Gasteiger charge is -2.30. The van der Waals surface area contributed by atoms with E-state index in [2.05, 4.69) is 4.98 Å². The molecule has 2 aliphatic heterocycles. The average molecular weight is 564 g/mol. The number of benzene rings is 1. The highest BCUT2D eigenvalue weighted by atomic mass is 32.2. The number of primary amides is 1. The number of aromatic nitrogens is 2. The fourth-order valence-electron chi connectivity index (χ4n) is 5.13. The first-order chi connectivity index (χ1) is 18.6. The Labute approximate surface area is 225 Å². The first kappa shape index (κ1) is 27.3. The molecule has 39 heavy (non-hydrogen) atoms. The maximum absolute atomic E-state index is 14.9. The van der Waals surface area contributed by atoms with E-state index in [9.17, 15) is 22.0 Å². The molecular weight excluding hydrogens is 532 g/mol. The lowest BCUT2D eigenvalue weighted by Crippen LogP contribution is -2.29. The van der Waals surface area contributed by atoms with E-state index in [1.807, 2.05) is 0 Å². The first-order valence-electron chi connectivity index (χ1n) is 12.8. The Kier molecular flexibility index (Phi) is 7.49. The molecule has 2 aliphatic rings. The van der Waals surface area contributed by atoms with Crippen molar-refractivity contribution in [3.63, 3.8) is 0 Å². The summed E-state index contributed by atoms with van der Waals surface area (Å²) in [7, 11) is -2.71. The van der Waals surface area contributed by atoms with E-state index in [4.69, 9.17) is 15.2 Å². The van der Waals surface area contributed by atoms with Crippen molar-refractivity contribution in [3.8, 4) is 5.75 Å². The number of alkyl halides is 1. The molecule has 10 nitrogen and oxygen atoms in total. The Morgan fingerprint density at radius 3 is 2.69 bits per heavy atom. The SMILES string of the molecule is CCN(C)S(=O)(=O)c1nc2ccc(N3C[C@H](F)C[C@H]3c3cc(F)ccc3OC3CCOCC3)cn2c1C(N)=O. The van der Waals surface area contributed by atoms with Crippen molar-refractivity contribution in [2.24, 2.45) is 5.73 Å². The van der Waals surface area contributed by atoms with Crippen LogP contribution in [-0.4, -0.2) is 73.6 Å². The molecule has 2 fully saturated rings. The molecule has 2 N–H and O–H groups in total. The van der Waals surface area contributed by atoms with Crippen molar-refractivity contribution in [1.29, 1.82) is 0 Å². The number of carbonyl (C=O) groups is 1. The maximum atomic E-state index is 14.9. The highest BCUT2D eigenvalue weighted by Crippen LogP contribution is 2.42. The number of fused-ring (bicyclic) bond motifs is 1. The van der Waals surface area contributed by atoms with Crippen LogP contribution in [0.15, 0.2) is 41.6 Å². The van der Waals surface area contributed by atoms with E-state index in [0.717, 1.165) is 4.31 Å². The Morgan fingerprint density at radius 1 is 1.26 bits per heavy atom. The molecule has 4 heterocycles. The first-order valence-corrected chi connectivity index (χ1v) is 14.3. The molecule has 0 unspecified atom stereocenters. The van der Waals surface area contributed by atoms with Gasteiger partial charge in [-0.25, -0.2) is 22.2 Å². The van der Waals surface area contributed by atoms with Crippen LogP contribution in [0, 0.1) is 5.82 Å². The molecule has 3 aromatic rings. The fraction of sp³-hybridized carbons (Fsp3) is 0.462. The molecule has 0 spiro atoms. The second kappa shape index (κ2) is 10.7. The van der Waals surface area contributed by atoms with Crippen molar-refractivity contribution in [3.05, 3.63) is 53.6 Å². The largest absolute Gasteiger partial charge is 0.490 e. The van der Waals surface area contributed by atoms with Gasteiger partial charge in [-0.3, -0.25) is 9.20 Å². The number of halogens is 2. The van der Waals surface area contributed by atoms with Gasteiger partial charge in [0.25, 0.3) is 15.9 Å². The van der Waals surface area contributed by atoms with Crippen LogP contribution in [0.4, 0.5) is 14.5 Å². The van der Waals surface area contributed by atoms with Crippen LogP contribution in [0.5, 0.6) is 5.75 Å². The fourth-order valence-corrected chi connectivity index (χ4v) is 6.42. The zero-order valence-corrected chi connectivity index (χ0v) is 22.5. The number of rotatable bonds is 8. The van der Waals surface area contributed by atoms with Gasteiger partial charge in [-0.1, -0.05) is 6.92 Å². The van der Waals surface area contributed by atoms with E-state index in [1.54, 1.807) is 30.0 Å². The summed E-state index contributed by atoms with van der Waals surface area (Å²) in [6.45, 7) is 2.97. The molecule has 2 atom stereocenters. The van der Waals surface area contributed by atoms with Crippen LogP contribution in [-0.2, 0) is 14.8 Å². The summed E-state index contributed by atoms with van der Waals surface area (Å²) >= 11 is 0. The minimum atomic E-state index is -4.09. The number of amides is 1. The van der Waals surface area contributed by atoms with Gasteiger partial charge >= 0.3 is 0 Å². The summed E-state index contributed by atoms with van der Waals surface area (Å²) < 4.78 is 69.4. The van der Waals surface area contributed by atoms with Crippen molar-refractivity contribution < 1.29 is 31.5 Å². The monoisotopic (exact) mass is 563 g/mol. The Bertz CT molecular complexity index is 1490. The lowest BCUT2D eigenvalue weighted by molar-refractivity contribution is 0.0250. The van der Waals surface area contributed by atoms with Gasteiger partial charge in [-0.05, 0) is 30.3 Å². The molecule has 0 bridgehead atoms. The lowest BCUT2D eigenvalue weighted by atomic mass is 10.0. The summed E-state index contributed by atoms with van der Waals surface area (Å²) in [4.78, 5) is 18.4. The van der Waals surface area contributed by atoms with Gasteiger partial charge < -0.3 is 20.1 Å². The highest BCUT2D eigenvalue weighted by molar-refractivity contribution is 7.89. The second-order valence-corrected chi connectivity index (χ2v) is 11.7. The van der Waals surface area contributed by atoms with E-state index < -0.39 is 39.0 Å². The van der Waals surface area contributed by atoms with Crippen molar-refractivity contribution in [1.82, 2.24) is 13.7 Å². The summed E-state index contributed by atoms with van der Waals surface area (Å²) in [5, 5.41) is -0.449. The number of hydrogen-bond donors (Lipinski definition) is 1. The van der Waals surface area contributed by atoms with Gasteiger partial charge in [0.1, 0.15) is 29.5 Å². The standard InChI is InChI=1S/C26H31F2N5O5S/c1-3-31(2)39(35,36)26-24(25(29)34)33-15-18(5-7-23(33)30-26)32-14-17(28)13-21(32)20-12-16(27)4-6-22(20)38-19-8-10-37-11-9-19/h4-7,12,15,17,19,21H,3,8-11,13-14H2,1-2H3,(H2,29,34)/t17-,21+/m1/s1. The van der Waals surface area contributed by atoms with Crippen LogP contribution in [0.2, 0.25) is 0 Å². The molecule has 0 radical (unpaired) electrons. The molecule has 2 aromatic heterocycles. The third-order valence-corrected chi connectivity index (χ3v) is 9.13. The predicted octanol–water partition coefficient (Wildman–Crippen LogP) is 3.06. The third kappa shape index (κ3) is 5.18. The number of hydrogen-bond acceptors (Lipinski definition) is 7. The Balaban J connectivity index is 1.57. The number of sulfonamides is 1. The van der Waals surface area contributed by atoms with Crippen LogP contribution >= 0.6 is 0 Å². The van der Waals surface area contributed by atoms with Crippen molar-refractivity contribution >= 4 is 27.3 Å². The van der Waals surface area contributed by atoms with Gasteiger partial charge in [0, 0.05) is 51.2 Å². The van der Waals surface area contributed by atoms with Gasteiger partial charge in [-0.15, -0.1) is 0 Å². The average Bonchev–Trinajstić information content (AvgIpc) is 3.50. The molecule has 5 rings (SSSR count). The molecule has 2 saturated heterocycles. The van der Waals surface area contributed by atoms with Crippen LogP contribution in [0.3, 0.4) is 0 Å². The normalized spacial score (nSPS) is 20.7. The van der Waals surface area contributed by atoms with Crippen LogP contribution < -0.4 is 15.4 Å². The Morgan fingerprint density at radius 2 is 2.00 bits per heavy atom. The molecular formula is C26H31F2N5O5S. The number of ether oxygens (including phenoxy) is 2. The van der Waals surface area contributed by atoms with E-state index in [-0.39, 0.29) is 37.0 Å². The molecule has 1 amide bonds. The minimum absolute atomic E-state index is 0.00766. The number of nitrogens with zero attached hydrogens (tertiary/aromatic N) is 4. The van der Waals surface area contributed by atoms with Crippen LogP contribution in [0.1, 0.15) is 48.3 Å². The summed E-state index contributed by atoms with van der Waals surface area (Å²) in [5.41, 5.74) is 6.50. The number of pyridine rings is 1. The predicted molar refractivity (Wildman–Crippen MR) is 140 cm³/mol. The maximum Gasteiger partial charge on any atom is 0.268 e. The topological polar surface area (TPSA) is 119 Å². The van der Waals surface area contributed by atoms with Gasteiger partial charge in [-0.2, -0.15) is 4.31 Å². The Hall–Kier alpha value is -3.29. The van der Waals surface area contributed by atoms with E-state index >= 15 is 0 Å². The quantitative estimate of drug-likeness (QED) is 0.447. The molecule has 210 valence electrons. The zero-order valence-electron chi connectivity index (χ0n) is 21.7.